The first-order chi connectivity index (χ1) is 7.49. The van der Waals surface area contributed by atoms with Crippen molar-refractivity contribution in [1.82, 2.24) is 0 Å². The molecule has 0 aliphatic carbocycles. The molecule has 0 fully saturated rings. The predicted octanol–water partition coefficient (Wildman–Crippen LogP) is 2.86. The Bertz CT molecular complexity index is 445. The Hall–Kier alpha value is -1.70. The zero-order valence-electron chi connectivity index (χ0n) is 9.56. The molecular weight excluding hydrogens is 204 g/mol. The smallest absolute Gasteiger partial charge is 0.152 e. The van der Waals surface area contributed by atoms with E-state index in [2.05, 4.69) is 9.88 Å². The van der Waals surface area contributed by atoms with Gasteiger partial charge in [0, 0.05) is 0 Å². The summed E-state index contributed by atoms with van der Waals surface area (Å²) in [6.45, 7) is 5.09. The molecule has 0 spiro atoms. The van der Waals surface area contributed by atoms with Crippen LogP contribution in [0.1, 0.15) is 19.4 Å². The first-order valence-corrected chi connectivity index (χ1v) is 4.88. The largest absolute Gasteiger partial charge is 0.251 e. The highest BCUT2D eigenvalue weighted by atomic mass is 17.1. The van der Waals surface area contributed by atoms with Crippen LogP contribution in [0.5, 0.6) is 0 Å². The van der Waals surface area contributed by atoms with Crippen LogP contribution in [0.2, 0.25) is 0 Å². The summed E-state index contributed by atoms with van der Waals surface area (Å²) in [7, 11) is 0. The highest BCUT2D eigenvalue weighted by Gasteiger charge is 2.26. The summed E-state index contributed by atoms with van der Waals surface area (Å²) < 4.78 is 0. The van der Waals surface area contributed by atoms with E-state index in [1.54, 1.807) is 19.9 Å². The fourth-order valence-electron chi connectivity index (χ4n) is 1.16. The van der Waals surface area contributed by atoms with Crippen LogP contribution in [0.25, 0.3) is 0 Å². The van der Waals surface area contributed by atoms with Gasteiger partial charge in [-0.25, -0.2) is 9.88 Å². The van der Waals surface area contributed by atoms with Crippen molar-refractivity contribution < 1.29 is 10.1 Å². The van der Waals surface area contributed by atoms with E-state index in [-0.39, 0.29) is 5.71 Å². The van der Waals surface area contributed by atoms with Crippen LogP contribution in [0.3, 0.4) is 0 Å². The van der Waals surface area contributed by atoms with Crippen molar-refractivity contribution in [2.45, 2.75) is 26.4 Å². The lowest BCUT2D eigenvalue weighted by Crippen LogP contribution is -2.32. The molecular formula is C12H14N2O2. The minimum Gasteiger partial charge on any atom is -0.251 e. The van der Waals surface area contributed by atoms with E-state index in [1.807, 2.05) is 31.2 Å². The number of aliphatic imine (C=N–C) groups is 1. The van der Waals surface area contributed by atoms with E-state index < -0.39 is 5.60 Å². The van der Waals surface area contributed by atoms with Gasteiger partial charge in [0.2, 0.25) is 0 Å². The molecule has 0 bridgehead atoms. The Kier molecular flexibility index (Phi) is 3.78. The predicted molar refractivity (Wildman–Crippen MR) is 61.7 cm³/mol. The van der Waals surface area contributed by atoms with E-state index in [4.69, 9.17) is 10.5 Å². The molecule has 0 saturated heterocycles. The first kappa shape index (κ1) is 12.4. The topological polar surface area (TPSA) is 65.6 Å². The molecule has 0 aliphatic rings. The molecule has 16 heavy (non-hydrogen) atoms. The van der Waals surface area contributed by atoms with Gasteiger partial charge in [-0.15, -0.1) is 0 Å². The molecule has 0 aliphatic heterocycles. The molecule has 4 heteroatoms. The van der Waals surface area contributed by atoms with E-state index in [9.17, 15) is 0 Å². The summed E-state index contributed by atoms with van der Waals surface area (Å²) in [6, 6.07) is 9.37. The molecule has 1 aromatic carbocycles. The maximum absolute atomic E-state index is 8.95. The van der Waals surface area contributed by atoms with Crippen LogP contribution in [0, 0.1) is 18.3 Å². The van der Waals surface area contributed by atoms with E-state index >= 15 is 0 Å². The molecule has 1 N–H and O–H groups in total. The van der Waals surface area contributed by atoms with Crippen molar-refractivity contribution in [2.24, 2.45) is 4.99 Å². The van der Waals surface area contributed by atoms with Gasteiger partial charge < -0.3 is 0 Å². The minimum atomic E-state index is -1.10. The molecule has 84 valence electrons. The number of rotatable bonds is 3. The van der Waals surface area contributed by atoms with E-state index in [0.29, 0.717) is 5.69 Å². The SMILES string of the molecule is Cc1cccc(N=C(C#N)C(C)(C)OO)c1. The number of nitrogens with zero attached hydrogens (tertiary/aromatic N) is 2. The third-order valence-corrected chi connectivity index (χ3v) is 2.15. The maximum atomic E-state index is 8.95. The third kappa shape index (κ3) is 2.89. The minimum absolute atomic E-state index is 0.126. The summed E-state index contributed by atoms with van der Waals surface area (Å²) in [5, 5.41) is 17.6. The molecule has 0 radical (unpaired) electrons. The van der Waals surface area contributed by atoms with E-state index in [1.165, 1.54) is 0 Å². The zero-order valence-corrected chi connectivity index (χ0v) is 9.56. The van der Waals surface area contributed by atoms with Crippen molar-refractivity contribution in [3.63, 3.8) is 0 Å². The molecule has 1 aromatic rings. The highest BCUT2D eigenvalue weighted by Crippen LogP contribution is 2.18. The Labute approximate surface area is 94.7 Å². The fourth-order valence-corrected chi connectivity index (χ4v) is 1.16. The van der Waals surface area contributed by atoms with Gasteiger partial charge in [-0.3, -0.25) is 5.26 Å². The molecule has 0 unspecified atom stereocenters. The molecule has 0 heterocycles. The summed E-state index contributed by atoms with van der Waals surface area (Å²) in [5.41, 5.74) is 0.752. The summed E-state index contributed by atoms with van der Waals surface area (Å²) in [4.78, 5) is 8.39. The van der Waals surface area contributed by atoms with Gasteiger partial charge in [-0.1, -0.05) is 12.1 Å². The standard InChI is InChI=1S/C12H14N2O2/c1-9-5-4-6-10(7-9)14-11(8-13)12(2,3)16-15/h4-7,15H,1-3H3. The van der Waals surface area contributed by atoms with Gasteiger partial charge in [0.25, 0.3) is 0 Å². The Morgan fingerprint density at radius 2 is 2.19 bits per heavy atom. The fraction of sp³-hybridized carbons (Fsp3) is 0.333. The van der Waals surface area contributed by atoms with Crippen molar-refractivity contribution in [3.05, 3.63) is 29.8 Å². The number of benzene rings is 1. The van der Waals surface area contributed by atoms with Crippen molar-refractivity contribution in [1.29, 1.82) is 5.26 Å². The Balaban J connectivity index is 3.12. The summed E-state index contributed by atoms with van der Waals surface area (Å²) >= 11 is 0. The van der Waals surface area contributed by atoms with Crippen molar-refractivity contribution in [2.75, 3.05) is 0 Å². The van der Waals surface area contributed by atoms with E-state index in [0.717, 1.165) is 5.56 Å². The number of hydrogen-bond donors (Lipinski definition) is 1. The summed E-state index contributed by atoms with van der Waals surface area (Å²) in [6.07, 6.45) is 0. The lowest BCUT2D eigenvalue weighted by molar-refractivity contribution is -0.289. The van der Waals surface area contributed by atoms with Gasteiger partial charge in [0.05, 0.1) is 5.69 Å². The normalized spacial score (nSPS) is 12.3. The van der Waals surface area contributed by atoms with Crippen LogP contribution in [-0.2, 0) is 4.89 Å². The Morgan fingerprint density at radius 1 is 1.50 bits per heavy atom. The first-order valence-electron chi connectivity index (χ1n) is 4.88. The van der Waals surface area contributed by atoms with Crippen LogP contribution >= 0.6 is 0 Å². The highest BCUT2D eigenvalue weighted by molar-refractivity contribution is 6.05. The lowest BCUT2D eigenvalue weighted by Gasteiger charge is -2.17. The van der Waals surface area contributed by atoms with Gasteiger partial charge in [0.1, 0.15) is 11.7 Å². The third-order valence-electron chi connectivity index (χ3n) is 2.15. The quantitative estimate of drug-likeness (QED) is 0.482. The number of hydrogen-bond acceptors (Lipinski definition) is 4. The molecule has 4 nitrogen and oxygen atoms in total. The lowest BCUT2D eigenvalue weighted by atomic mass is 10.0. The van der Waals surface area contributed by atoms with Gasteiger partial charge >= 0.3 is 0 Å². The van der Waals surface area contributed by atoms with Gasteiger partial charge in [-0.2, -0.15) is 5.26 Å². The Morgan fingerprint density at radius 3 is 2.69 bits per heavy atom. The molecule has 0 saturated carbocycles. The molecule has 1 rings (SSSR count). The van der Waals surface area contributed by atoms with Crippen LogP contribution in [-0.4, -0.2) is 16.6 Å². The second kappa shape index (κ2) is 4.88. The maximum Gasteiger partial charge on any atom is 0.152 e. The van der Waals surface area contributed by atoms with Gasteiger partial charge in [0.15, 0.2) is 5.71 Å². The average molecular weight is 218 g/mol. The molecule has 0 aromatic heterocycles. The van der Waals surface area contributed by atoms with Crippen LogP contribution in [0.4, 0.5) is 5.69 Å². The summed E-state index contributed by atoms with van der Waals surface area (Å²) in [5.74, 6) is 0. The second-order valence-electron chi connectivity index (χ2n) is 4.01. The van der Waals surface area contributed by atoms with Crippen molar-refractivity contribution >= 4 is 11.4 Å². The molecule has 0 amide bonds. The van der Waals surface area contributed by atoms with Gasteiger partial charge in [-0.05, 0) is 38.5 Å². The van der Waals surface area contributed by atoms with Crippen LogP contribution in [0.15, 0.2) is 29.3 Å². The zero-order chi connectivity index (χ0) is 12.2. The second-order valence-corrected chi connectivity index (χ2v) is 4.01. The van der Waals surface area contributed by atoms with Crippen molar-refractivity contribution in [3.8, 4) is 6.07 Å². The number of nitriles is 1. The number of aryl methyl sites for hydroxylation is 1. The molecule has 0 atom stereocenters. The monoisotopic (exact) mass is 218 g/mol. The average Bonchev–Trinajstić information content (AvgIpc) is 2.25. The van der Waals surface area contributed by atoms with Crippen LogP contribution < -0.4 is 0 Å².